The van der Waals surface area contributed by atoms with Crippen LogP contribution >= 0.6 is 0 Å². The number of ether oxygens (including phenoxy) is 3. The largest absolute Gasteiger partial charge is 0.462 e. The Morgan fingerprint density at radius 1 is 0.313 bits per heavy atom. The van der Waals surface area contributed by atoms with E-state index in [1.807, 2.05) is 0 Å². The first-order valence-electron chi connectivity index (χ1n) is 28.4. The third kappa shape index (κ3) is 53.7. The van der Waals surface area contributed by atoms with Gasteiger partial charge in [0.2, 0.25) is 0 Å². The number of hydrogen-bond donors (Lipinski definition) is 0. The van der Waals surface area contributed by atoms with Crippen LogP contribution in [0, 0.1) is 0 Å². The molecular weight excluding hydrogens is 829 g/mol. The fourth-order valence-electron chi connectivity index (χ4n) is 7.96. The van der Waals surface area contributed by atoms with E-state index in [0.29, 0.717) is 19.3 Å². The van der Waals surface area contributed by atoms with E-state index in [1.165, 1.54) is 116 Å². The van der Waals surface area contributed by atoms with E-state index in [9.17, 15) is 14.4 Å². The quantitative estimate of drug-likeness (QED) is 0.0262. The maximum absolute atomic E-state index is 12.8. The Morgan fingerprint density at radius 2 is 0.582 bits per heavy atom. The Bertz CT molecular complexity index is 1260. The second-order valence-electron chi connectivity index (χ2n) is 18.8. The first-order valence-corrected chi connectivity index (χ1v) is 28.4. The summed E-state index contributed by atoms with van der Waals surface area (Å²) < 4.78 is 16.8. The third-order valence-electron chi connectivity index (χ3n) is 12.2. The Balaban J connectivity index is 4.37. The third-order valence-corrected chi connectivity index (χ3v) is 12.2. The van der Waals surface area contributed by atoms with Gasteiger partial charge in [0.1, 0.15) is 13.2 Å². The van der Waals surface area contributed by atoms with Crippen molar-refractivity contribution in [3.05, 3.63) is 72.9 Å². The molecule has 0 amide bonds. The van der Waals surface area contributed by atoms with Crippen molar-refractivity contribution in [1.82, 2.24) is 0 Å². The van der Waals surface area contributed by atoms with E-state index in [2.05, 4.69) is 93.7 Å². The van der Waals surface area contributed by atoms with Crippen LogP contribution in [0.4, 0.5) is 0 Å². The average molecular weight is 936 g/mol. The molecule has 6 heteroatoms. The summed E-state index contributed by atoms with van der Waals surface area (Å²) in [6.45, 7) is 6.42. The smallest absolute Gasteiger partial charge is 0.306 e. The summed E-state index contributed by atoms with van der Waals surface area (Å²) in [5, 5.41) is 0. The number of esters is 3. The zero-order valence-electron chi connectivity index (χ0n) is 44.2. The molecule has 0 saturated heterocycles. The molecule has 0 aromatic heterocycles. The lowest BCUT2D eigenvalue weighted by atomic mass is 10.1. The van der Waals surface area contributed by atoms with Gasteiger partial charge >= 0.3 is 17.9 Å². The van der Waals surface area contributed by atoms with Crippen molar-refractivity contribution in [3.8, 4) is 0 Å². The van der Waals surface area contributed by atoms with Gasteiger partial charge in [0.15, 0.2) is 6.10 Å². The van der Waals surface area contributed by atoms with Gasteiger partial charge in [0.05, 0.1) is 0 Å². The zero-order valence-corrected chi connectivity index (χ0v) is 44.2. The Morgan fingerprint density at radius 3 is 0.925 bits per heavy atom. The molecule has 1 atom stereocenters. The van der Waals surface area contributed by atoms with Gasteiger partial charge in [-0.2, -0.15) is 0 Å². The number of rotatable bonds is 51. The highest BCUT2D eigenvalue weighted by Crippen LogP contribution is 2.15. The van der Waals surface area contributed by atoms with Crippen LogP contribution in [-0.2, 0) is 28.6 Å². The SMILES string of the molecule is CC/C=C\C/C=C\C/C=C\CCCCCCCCCCCC(=O)OCC(COC(=O)CCCCCCC/C=C\C/C=C\CC)OC(=O)CCCCCCC/C=C\CCCCCCCCCCC. The van der Waals surface area contributed by atoms with Gasteiger partial charge in [-0.3, -0.25) is 14.4 Å². The highest BCUT2D eigenvalue weighted by atomic mass is 16.6. The van der Waals surface area contributed by atoms with Crippen LogP contribution in [0.15, 0.2) is 72.9 Å². The first-order chi connectivity index (χ1) is 33.0. The molecule has 0 fully saturated rings. The molecule has 0 spiro atoms. The van der Waals surface area contributed by atoms with Crippen LogP contribution in [0.1, 0.15) is 278 Å². The Hall–Kier alpha value is -3.15. The molecule has 0 aliphatic carbocycles. The van der Waals surface area contributed by atoms with Crippen LogP contribution in [-0.4, -0.2) is 37.2 Å². The zero-order chi connectivity index (χ0) is 48.6. The lowest BCUT2D eigenvalue weighted by molar-refractivity contribution is -0.167. The summed E-state index contributed by atoms with van der Waals surface area (Å²) in [6.07, 6.45) is 70.4. The van der Waals surface area contributed by atoms with Crippen molar-refractivity contribution in [3.63, 3.8) is 0 Å². The minimum Gasteiger partial charge on any atom is -0.462 e. The van der Waals surface area contributed by atoms with E-state index >= 15 is 0 Å². The van der Waals surface area contributed by atoms with E-state index < -0.39 is 6.10 Å². The van der Waals surface area contributed by atoms with E-state index in [4.69, 9.17) is 14.2 Å². The first kappa shape index (κ1) is 63.8. The van der Waals surface area contributed by atoms with Gasteiger partial charge in [0.25, 0.3) is 0 Å². The van der Waals surface area contributed by atoms with Crippen LogP contribution in [0.3, 0.4) is 0 Å². The molecule has 0 N–H and O–H groups in total. The van der Waals surface area contributed by atoms with Gasteiger partial charge in [-0.25, -0.2) is 0 Å². The number of hydrogen-bond acceptors (Lipinski definition) is 6. The molecule has 0 aliphatic rings. The van der Waals surface area contributed by atoms with Gasteiger partial charge < -0.3 is 14.2 Å². The second kappa shape index (κ2) is 55.4. The summed E-state index contributed by atoms with van der Waals surface area (Å²) in [4.78, 5) is 38.1. The molecular formula is C61H106O6. The second-order valence-corrected chi connectivity index (χ2v) is 18.8. The van der Waals surface area contributed by atoms with Crippen molar-refractivity contribution >= 4 is 17.9 Å². The summed E-state index contributed by atoms with van der Waals surface area (Å²) in [5.74, 6) is -0.907. The van der Waals surface area contributed by atoms with Gasteiger partial charge in [-0.15, -0.1) is 0 Å². The Kier molecular flexibility index (Phi) is 52.8. The number of carbonyl (C=O) groups is 3. The molecule has 0 bridgehead atoms. The molecule has 0 aromatic rings. The van der Waals surface area contributed by atoms with Crippen molar-refractivity contribution in [2.24, 2.45) is 0 Å². The molecule has 0 heterocycles. The maximum Gasteiger partial charge on any atom is 0.306 e. The molecule has 0 radical (unpaired) electrons. The molecule has 0 rings (SSSR count). The predicted octanol–water partition coefficient (Wildman–Crippen LogP) is 19.0. The highest BCUT2D eigenvalue weighted by Gasteiger charge is 2.19. The summed E-state index contributed by atoms with van der Waals surface area (Å²) >= 11 is 0. The average Bonchev–Trinajstić information content (AvgIpc) is 3.33. The lowest BCUT2D eigenvalue weighted by Gasteiger charge is -2.18. The topological polar surface area (TPSA) is 78.9 Å². The van der Waals surface area contributed by atoms with Crippen LogP contribution in [0.25, 0.3) is 0 Å². The molecule has 386 valence electrons. The number of carbonyl (C=O) groups excluding carboxylic acids is 3. The van der Waals surface area contributed by atoms with Gasteiger partial charge in [-0.1, -0.05) is 229 Å². The molecule has 0 aromatic carbocycles. The van der Waals surface area contributed by atoms with Crippen LogP contribution < -0.4 is 0 Å². The standard InChI is InChI=1S/C61H106O6/c1-4-7-10-13-16-19-22-25-27-29-31-33-34-36-39-42-45-48-51-54-60(63)66-57-58(56-65-59(62)53-50-47-44-41-38-24-21-18-15-12-9-6-3)67-61(64)55-52-49-46-43-40-37-35-32-30-28-26-23-20-17-14-11-8-5-2/h7,9-10,12,16,18-19,21,25,27,32,35,58H,4-6,8,11,13-15,17,20,22-24,26,28-31,33-34,36-57H2,1-3H3/b10-7-,12-9-,19-16-,21-18-,27-25-,35-32-. The normalized spacial score (nSPS) is 12.6. The minimum absolute atomic E-state index is 0.0857. The maximum atomic E-state index is 12.8. The van der Waals surface area contributed by atoms with E-state index in [0.717, 1.165) is 122 Å². The number of allylic oxidation sites excluding steroid dienone is 12. The van der Waals surface area contributed by atoms with Crippen molar-refractivity contribution in [1.29, 1.82) is 0 Å². The summed E-state index contributed by atoms with van der Waals surface area (Å²) in [6, 6.07) is 0. The predicted molar refractivity (Wildman–Crippen MR) is 288 cm³/mol. The minimum atomic E-state index is -0.788. The fraction of sp³-hybridized carbons (Fsp3) is 0.754. The summed E-state index contributed by atoms with van der Waals surface area (Å²) in [5.41, 5.74) is 0. The van der Waals surface area contributed by atoms with Crippen LogP contribution in [0.5, 0.6) is 0 Å². The van der Waals surface area contributed by atoms with Crippen molar-refractivity contribution in [2.45, 2.75) is 284 Å². The van der Waals surface area contributed by atoms with Crippen molar-refractivity contribution < 1.29 is 28.6 Å². The lowest BCUT2D eigenvalue weighted by Crippen LogP contribution is -2.30. The molecule has 0 aliphatic heterocycles. The number of unbranched alkanes of at least 4 members (excludes halogenated alkanes) is 28. The monoisotopic (exact) mass is 935 g/mol. The van der Waals surface area contributed by atoms with Gasteiger partial charge in [-0.05, 0) is 103 Å². The highest BCUT2D eigenvalue weighted by molar-refractivity contribution is 5.71. The van der Waals surface area contributed by atoms with E-state index in [-0.39, 0.29) is 31.1 Å². The van der Waals surface area contributed by atoms with Gasteiger partial charge in [0, 0.05) is 19.3 Å². The molecule has 0 saturated carbocycles. The van der Waals surface area contributed by atoms with Crippen LogP contribution in [0.2, 0.25) is 0 Å². The molecule has 6 nitrogen and oxygen atoms in total. The summed E-state index contributed by atoms with van der Waals surface area (Å²) in [7, 11) is 0. The molecule has 67 heavy (non-hydrogen) atoms. The molecule has 1 unspecified atom stereocenters. The Labute approximate surface area is 414 Å². The fourth-order valence-corrected chi connectivity index (χ4v) is 7.96. The van der Waals surface area contributed by atoms with E-state index in [1.54, 1.807) is 0 Å². The van der Waals surface area contributed by atoms with Crippen molar-refractivity contribution in [2.75, 3.05) is 13.2 Å².